The van der Waals surface area contributed by atoms with Crippen LogP contribution in [0.3, 0.4) is 0 Å². The summed E-state index contributed by atoms with van der Waals surface area (Å²) in [4.78, 5) is 11.8. The molecule has 1 fully saturated rings. The normalized spacial score (nSPS) is 21.7. The van der Waals surface area contributed by atoms with Gasteiger partial charge in [-0.1, -0.05) is 0 Å². The van der Waals surface area contributed by atoms with E-state index in [0.717, 1.165) is 9.26 Å². The van der Waals surface area contributed by atoms with Crippen molar-refractivity contribution in [2.24, 2.45) is 5.92 Å². The average Bonchev–Trinajstić information content (AvgIpc) is 2.61. The van der Waals surface area contributed by atoms with Crippen LogP contribution >= 0.6 is 22.6 Å². The van der Waals surface area contributed by atoms with E-state index in [0.29, 0.717) is 6.42 Å². The van der Waals surface area contributed by atoms with Gasteiger partial charge in [-0.15, -0.1) is 0 Å². The molecule has 1 N–H and O–H groups in total. The molecule has 1 aromatic carbocycles. The predicted molar refractivity (Wildman–Crippen MR) is 79.2 cm³/mol. The third kappa shape index (κ3) is 3.94. The number of rotatable bonds is 3. The van der Waals surface area contributed by atoms with Gasteiger partial charge < -0.3 is 5.32 Å². The van der Waals surface area contributed by atoms with Gasteiger partial charge in [0.1, 0.15) is 0 Å². The Morgan fingerprint density at radius 3 is 2.56 bits per heavy atom. The number of hydrogen-bond acceptors (Lipinski definition) is 3. The summed E-state index contributed by atoms with van der Waals surface area (Å²) in [7, 11) is -2.90. The first-order valence-electron chi connectivity index (χ1n) is 5.70. The number of carbonyl (C=O) groups excluding carboxylic acids is 1. The largest absolute Gasteiger partial charge is 0.326 e. The molecule has 4 nitrogen and oxygen atoms in total. The molecule has 98 valence electrons. The SMILES string of the molecule is O=C(CC1CCS(=O)(=O)C1)Nc1ccc(I)cc1. The third-order valence-corrected chi connectivity index (χ3v) is 5.48. The lowest BCUT2D eigenvalue weighted by Crippen LogP contribution is -2.17. The average molecular weight is 379 g/mol. The molecule has 1 aliphatic rings. The van der Waals surface area contributed by atoms with E-state index in [1.807, 2.05) is 24.3 Å². The van der Waals surface area contributed by atoms with Crippen LogP contribution in [-0.4, -0.2) is 25.8 Å². The van der Waals surface area contributed by atoms with Crippen molar-refractivity contribution in [2.45, 2.75) is 12.8 Å². The topological polar surface area (TPSA) is 63.2 Å². The molecule has 6 heteroatoms. The quantitative estimate of drug-likeness (QED) is 0.818. The molecule has 1 amide bonds. The van der Waals surface area contributed by atoms with E-state index in [4.69, 9.17) is 0 Å². The lowest BCUT2D eigenvalue weighted by molar-refractivity contribution is -0.116. The Hall–Kier alpha value is -0.630. The molecule has 0 radical (unpaired) electrons. The summed E-state index contributed by atoms with van der Waals surface area (Å²) in [5.41, 5.74) is 0.751. The number of carbonyl (C=O) groups is 1. The predicted octanol–water partition coefficient (Wildman–Crippen LogP) is 2.05. The highest BCUT2D eigenvalue weighted by Gasteiger charge is 2.29. The number of hydrogen-bond donors (Lipinski definition) is 1. The first-order chi connectivity index (χ1) is 8.44. The van der Waals surface area contributed by atoms with Crippen LogP contribution in [0.5, 0.6) is 0 Å². The Balaban J connectivity index is 1.88. The van der Waals surface area contributed by atoms with E-state index in [1.54, 1.807) is 0 Å². The molecule has 18 heavy (non-hydrogen) atoms. The molecule has 1 saturated heterocycles. The second-order valence-corrected chi connectivity index (χ2v) is 8.00. The van der Waals surface area contributed by atoms with E-state index < -0.39 is 9.84 Å². The maximum atomic E-state index is 11.8. The Morgan fingerprint density at radius 1 is 1.33 bits per heavy atom. The van der Waals surface area contributed by atoms with Crippen molar-refractivity contribution in [2.75, 3.05) is 16.8 Å². The van der Waals surface area contributed by atoms with Gasteiger partial charge in [-0.2, -0.15) is 0 Å². The van der Waals surface area contributed by atoms with Gasteiger partial charge in [0, 0.05) is 15.7 Å². The zero-order chi connectivity index (χ0) is 13.2. The molecule has 0 saturated carbocycles. The highest BCUT2D eigenvalue weighted by molar-refractivity contribution is 14.1. The summed E-state index contributed by atoms with van der Waals surface area (Å²) in [5.74, 6) is 0.221. The first kappa shape index (κ1) is 13.8. The fourth-order valence-corrected chi connectivity index (χ4v) is 4.26. The highest BCUT2D eigenvalue weighted by Crippen LogP contribution is 2.22. The first-order valence-corrected chi connectivity index (χ1v) is 8.60. The summed E-state index contributed by atoms with van der Waals surface area (Å²) in [6, 6.07) is 7.50. The molecule has 1 aliphatic heterocycles. The lowest BCUT2D eigenvalue weighted by Gasteiger charge is -2.08. The summed E-state index contributed by atoms with van der Waals surface area (Å²) < 4.78 is 23.7. The molecule has 0 spiro atoms. The third-order valence-electron chi connectivity index (χ3n) is 2.93. The van der Waals surface area contributed by atoms with E-state index in [1.165, 1.54) is 0 Å². The summed E-state index contributed by atoms with van der Waals surface area (Å²) in [6.07, 6.45) is 0.883. The molecule has 0 bridgehead atoms. The van der Waals surface area contributed by atoms with Gasteiger partial charge >= 0.3 is 0 Å². The number of benzene rings is 1. The van der Waals surface area contributed by atoms with Gasteiger partial charge in [0.25, 0.3) is 0 Å². The standard InChI is InChI=1S/C12H14INO3S/c13-10-1-3-11(4-2-10)14-12(15)7-9-5-6-18(16,17)8-9/h1-4,9H,5-8H2,(H,14,15). The Labute approximate surface area is 120 Å². The van der Waals surface area contributed by atoms with E-state index in [9.17, 15) is 13.2 Å². The second-order valence-electron chi connectivity index (χ2n) is 4.53. The van der Waals surface area contributed by atoms with Crippen molar-refractivity contribution >= 4 is 44.0 Å². The van der Waals surface area contributed by atoms with Gasteiger partial charge in [0.15, 0.2) is 9.84 Å². The van der Waals surface area contributed by atoms with Crippen LogP contribution in [0.2, 0.25) is 0 Å². The monoisotopic (exact) mass is 379 g/mol. The van der Waals surface area contributed by atoms with Crippen molar-refractivity contribution in [3.8, 4) is 0 Å². The number of nitrogens with one attached hydrogen (secondary N) is 1. The zero-order valence-corrected chi connectivity index (χ0v) is 12.7. The molecule has 1 atom stereocenters. The molecular formula is C12H14INO3S. The van der Waals surface area contributed by atoms with Crippen LogP contribution in [0.4, 0.5) is 5.69 Å². The van der Waals surface area contributed by atoms with Crippen molar-refractivity contribution < 1.29 is 13.2 Å². The maximum absolute atomic E-state index is 11.8. The molecule has 1 unspecified atom stereocenters. The molecule has 0 aromatic heterocycles. The summed E-state index contributed by atoms with van der Waals surface area (Å²) in [5, 5.41) is 2.79. The van der Waals surface area contributed by atoms with Gasteiger partial charge in [-0.3, -0.25) is 4.79 Å². The summed E-state index contributed by atoms with van der Waals surface area (Å²) in [6.45, 7) is 0. The van der Waals surface area contributed by atoms with Gasteiger partial charge in [0.05, 0.1) is 11.5 Å². The van der Waals surface area contributed by atoms with E-state index >= 15 is 0 Å². The van der Waals surface area contributed by atoms with Crippen LogP contribution in [0, 0.1) is 9.49 Å². The number of halogens is 1. The second kappa shape index (κ2) is 5.56. The van der Waals surface area contributed by atoms with Crippen molar-refractivity contribution in [3.05, 3.63) is 27.8 Å². The van der Waals surface area contributed by atoms with Gasteiger partial charge in [0.2, 0.25) is 5.91 Å². The number of sulfone groups is 1. The lowest BCUT2D eigenvalue weighted by atomic mass is 10.1. The smallest absolute Gasteiger partial charge is 0.224 e. The van der Waals surface area contributed by atoms with E-state index in [-0.39, 0.29) is 29.8 Å². The minimum Gasteiger partial charge on any atom is -0.326 e. The minimum absolute atomic E-state index is 0.0288. The molecule has 0 aliphatic carbocycles. The summed E-state index contributed by atoms with van der Waals surface area (Å²) >= 11 is 2.19. The molecule has 2 rings (SSSR count). The van der Waals surface area contributed by atoms with Crippen LogP contribution in [0.15, 0.2) is 24.3 Å². The van der Waals surface area contributed by atoms with Gasteiger partial charge in [-0.05, 0) is 59.2 Å². The Morgan fingerprint density at radius 2 is 2.00 bits per heavy atom. The van der Waals surface area contributed by atoms with Crippen LogP contribution < -0.4 is 5.32 Å². The zero-order valence-electron chi connectivity index (χ0n) is 9.73. The molecular weight excluding hydrogens is 365 g/mol. The van der Waals surface area contributed by atoms with Crippen molar-refractivity contribution in [3.63, 3.8) is 0 Å². The van der Waals surface area contributed by atoms with Crippen LogP contribution in [0.25, 0.3) is 0 Å². The minimum atomic E-state index is -2.90. The van der Waals surface area contributed by atoms with Crippen LogP contribution in [-0.2, 0) is 14.6 Å². The fraction of sp³-hybridized carbons (Fsp3) is 0.417. The van der Waals surface area contributed by atoms with E-state index in [2.05, 4.69) is 27.9 Å². The fourth-order valence-electron chi connectivity index (χ4n) is 2.04. The Bertz CT molecular complexity index is 539. The number of anilines is 1. The van der Waals surface area contributed by atoms with Crippen LogP contribution in [0.1, 0.15) is 12.8 Å². The molecule has 1 heterocycles. The van der Waals surface area contributed by atoms with Gasteiger partial charge in [-0.25, -0.2) is 8.42 Å². The molecule has 1 aromatic rings. The number of amides is 1. The maximum Gasteiger partial charge on any atom is 0.224 e. The highest BCUT2D eigenvalue weighted by atomic mass is 127. The van der Waals surface area contributed by atoms with Crippen molar-refractivity contribution in [1.82, 2.24) is 0 Å². The van der Waals surface area contributed by atoms with Crippen molar-refractivity contribution in [1.29, 1.82) is 0 Å². The Kier molecular flexibility index (Phi) is 4.26.